The first-order valence-electron chi connectivity index (χ1n) is 8.28. The van der Waals surface area contributed by atoms with Crippen LogP contribution in [0.25, 0.3) is 0 Å². The molecule has 3 atom stereocenters. The van der Waals surface area contributed by atoms with Crippen LogP contribution in [0.5, 0.6) is 0 Å². The van der Waals surface area contributed by atoms with Crippen LogP contribution < -0.4 is 10.2 Å². The van der Waals surface area contributed by atoms with E-state index in [-0.39, 0.29) is 5.92 Å². The van der Waals surface area contributed by atoms with Crippen molar-refractivity contribution in [2.75, 3.05) is 11.2 Å². The quantitative estimate of drug-likeness (QED) is 0.563. The highest BCUT2D eigenvalue weighted by Crippen LogP contribution is 2.25. The second-order valence-corrected chi connectivity index (χ2v) is 7.25. The summed E-state index contributed by atoms with van der Waals surface area (Å²) in [5.41, 5.74) is 0.465. The molecule has 0 radical (unpaired) electrons. The van der Waals surface area contributed by atoms with E-state index >= 15 is 0 Å². The SMILES string of the molecule is CSc1cccc(N(C(=O)C(NC(C)C(=O)O)C(C)C)C(C)C(=O)O)c1. The number of carbonyl (C=O) groups excluding carboxylic acids is 1. The van der Waals surface area contributed by atoms with Crippen molar-refractivity contribution in [3.63, 3.8) is 0 Å². The predicted octanol–water partition coefficient (Wildman–Crippen LogP) is 2.30. The summed E-state index contributed by atoms with van der Waals surface area (Å²) in [7, 11) is 0. The van der Waals surface area contributed by atoms with Crippen LogP contribution in [0, 0.1) is 5.92 Å². The Kier molecular flexibility index (Phi) is 8.10. The fourth-order valence-corrected chi connectivity index (χ4v) is 2.91. The van der Waals surface area contributed by atoms with Crippen LogP contribution in [0.2, 0.25) is 0 Å². The van der Waals surface area contributed by atoms with Crippen LogP contribution in [0.1, 0.15) is 27.7 Å². The van der Waals surface area contributed by atoms with Crippen LogP contribution in [0.15, 0.2) is 29.2 Å². The molecule has 0 spiro atoms. The average molecular weight is 382 g/mol. The van der Waals surface area contributed by atoms with E-state index in [2.05, 4.69) is 5.32 Å². The van der Waals surface area contributed by atoms with Gasteiger partial charge in [-0.25, -0.2) is 4.79 Å². The van der Waals surface area contributed by atoms with E-state index in [1.807, 2.05) is 12.3 Å². The first kappa shape index (κ1) is 22.0. The third kappa shape index (κ3) is 5.47. The normalized spacial score (nSPS) is 14.5. The Bertz CT molecular complexity index is 665. The minimum Gasteiger partial charge on any atom is -0.480 e. The van der Waals surface area contributed by atoms with E-state index in [9.17, 15) is 19.5 Å². The lowest BCUT2D eigenvalue weighted by Crippen LogP contribution is -2.56. The number of thioether (sulfide) groups is 1. The van der Waals surface area contributed by atoms with Crippen molar-refractivity contribution in [3.8, 4) is 0 Å². The number of carbonyl (C=O) groups is 3. The van der Waals surface area contributed by atoms with Crippen molar-refractivity contribution >= 4 is 35.3 Å². The summed E-state index contributed by atoms with van der Waals surface area (Å²) in [5, 5.41) is 21.4. The molecule has 144 valence electrons. The molecule has 0 saturated carbocycles. The number of nitrogens with zero attached hydrogens (tertiary/aromatic N) is 1. The molecule has 1 rings (SSSR count). The monoisotopic (exact) mass is 382 g/mol. The number of nitrogens with one attached hydrogen (secondary N) is 1. The zero-order valence-electron chi connectivity index (χ0n) is 15.6. The van der Waals surface area contributed by atoms with Gasteiger partial charge in [0.2, 0.25) is 5.91 Å². The molecule has 0 heterocycles. The Hall–Kier alpha value is -2.06. The summed E-state index contributed by atoms with van der Waals surface area (Å²) in [6.07, 6.45) is 1.89. The summed E-state index contributed by atoms with van der Waals surface area (Å²) in [4.78, 5) is 38.0. The molecule has 7 nitrogen and oxygen atoms in total. The predicted molar refractivity (Wildman–Crippen MR) is 102 cm³/mol. The van der Waals surface area contributed by atoms with E-state index in [4.69, 9.17) is 5.11 Å². The molecule has 26 heavy (non-hydrogen) atoms. The number of hydrogen-bond donors (Lipinski definition) is 3. The van der Waals surface area contributed by atoms with Crippen LogP contribution in [0.4, 0.5) is 5.69 Å². The highest BCUT2D eigenvalue weighted by atomic mass is 32.2. The molecule has 1 amide bonds. The minimum absolute atomic E-state index is 0.225. The van der Waals surface area contributed by atoms with Crippen molar-refractivity contribution in [2.24, 2.45) is 5.92 Å². The van der Waals surface area contributed by atoms with Gasteiger partial charge in [-0.1, -0.05) is 19.9 Å². The molecule has 8 heteroatoms. The van der Waals surface area contributed by atoms with Crippen molar-refractivity contribution in [2.45, 2.75) is 50.7 Å². The molecule has 0 aliphatic carbocycles. The van der Waals surface area contributed by atoms with Crippen LogP contribution in [-0.4, -0.2) is 52.4 Å². The fourth-order valence-electron chi connectivity index (χ4n) is 2.45. The van der Waals surface area contributed by atoms with Gasteiger partial charge >= 0.3 is 11.9 Å². The molecule has 1 aromatic carbocycles. The zero-order chi connectivity index (χ0) is 20.0. The first-order valence-corrected chi connectivity index (χ1v) is 9.51. The molecular weight excluding hydrogens is 356 g/mol. The van der Waals surface area contributed by atoms with Crippen LogP contribution in [-0.2, 0) is 14.4 Å². The van der Waals surface area contributed by atoms with Gasteiger partial charge < -0.3 is 10.2 Å². The molecule has 0 saturated heterocycles. The maximum atomic E-state index is 13.2. The van der Waals surface area contributed by atoms with Gasteiger partial charge in [-0.15, -0.1) is 11.8 Å². The van der Waals surface area contributed by atoms with Crippen molar-refractivity contribution in [1.82, 2.24) is 5.32 Å². The number of aliphatic carboxylic acids is 2. The first-order chi connectivity index (χ1) is 12.1. The van der Waals surface area contributed by atoms with Gasteiger partial charge in [-0.2, -0.15) is 0 Å². The number of hydrogen-bond acceptors (Lipinski definition) is 5. The van der Waals surface area contributed by atoms with E-state index in [0.717, 1.165) is 4.90 Å². The highest BCUT2D eigenvalue weighted by Gasteiger charge is 2.35. The molecule has 3 unspecified atom stereocenters. The van der Waals surface area contributed by atoms with Crippen molar-refractivity contribution < 1.29 is 24.6 Å². The highest BCUT2D eigenvalue weighted by molar-refractivity contribution is 7.98. The lowest BCUT2D eigenvalue weighted by atomic mass is 10.00. The number of carboxylic acid groups (broad SMARTS) is 2. The number of rotatable bonds is 9. The molecule has 0 aliphatic heterocycles. The number of amides is 1. The Labute approximate surface area is 157 Å². The maximum Gasteiger partial charge on any atom is 0.326 e. The number of benzene rings is 1. The summed E-state index contributed by atoms with van der Waals surface area (Å²) in [6, 6.07) is 4.19. The molecule has 3 N–H and O–H groups in total. The molecular formula is C18H26N2O5S. The maximum absolute atomic E-state index is 13.2. The molecule has 0 fully saturated rings. The third-order valence-electron chi connectivity index (χ3n) is 4.05. The average Bonchev–Trinajstić information content (AvgIpc) is 2.58. The van der Waals surface area contributed by atoms with Gasteiger partial charge in [0.05, 0.1) is 6.04 Å². The number of anilines is 1. The summed E-state index contributed by atoms with van der Waals surface area (Å²) in [6.45, 7) is 6.45. The summed E-state index contributed by atoms with van der Waals surface area (Å²) < 4.78 is 0. The van der Waals surface area contributed by atoms with Gasteiger partial charge in [0.15, 0.2) is 0 Å². The van der Waals surface area contributed by atoms with Gasteiger partial charge in [0, 0.05) is 10.6 Å². The second kappa shape index (κ2) is 9.59. The van der Waals surface area contributed by atoms with Crippen LogP contribution >= 0.6 is 11.8 Å². The fraction of sp³-hybridized carbons (Fsp3) is 0.500. The van der Waals surface area contributed by atoms with Gasteiger partial charge in [-0.3, -0.25) is 19.8 Å². The van der Waals surface area contributed by atoms with E-state index in [0.29, 0.717) is 5.69 Å². The van der Waals surface area contributed by atoms with E-state index < -0.39 is 36.0 Å². The van der Waals surface area contributed by atoms with Crippen molar-refractivity contribution in [3.05, 3.63) is 24.3 Å². The summed E-state index contributed by atoms with van der Waals surface area (Å²) >= 11 is 1.48. The molecule has 0 aliphatic rings. The Morgan fingerprint density at radius 1 is 1.08 bits per heavy atom. The van der Waals surface area contributed by atoms with Gasteiger partial charge in [0.1, 0.15) is 12.1 Å². The number of carboxylic acids is 2. The Morgan fingerprint density at radius 2 is 1.69 bits per heavy atom. The van der Waals surface area contributed by atoms with Crippen LogP contribution in [0.3, 0.4) is 0 Å². The van der Waals surface area contributed by atoms with Crippen molar-refractivity contribution in [1.29, 1.82) is 0 Å². The lowest BCUT2D eigenvalue weighted by molar-refractivity contribution is -0.141. The minimum atomic E-state index is -1.14. The third-order valence-corrected chi connectivity index (χ3v) is 4.77. The van der Waals surface area contributed by atoms with E-state index in [1.54, 1.807) is 32.0 Å². The topological polar surface area (TPSA) is 107 Å². The largest absolute Gasteiger partial charge is 0.480 e. The Balaban J connectivity index is 3.32. The molecule has 0 bridgehead atoms. The Morgan fingerprint density at radius 3 is 2.15 bits per heavy atom. The van der Waals surface area contributed by atoms with Gasteiger partial charge in [0.25, 0.3) is 0 Å². The molecule has 1 aromatic rings. The zero-order valence-corrected chi connectivity index (χ0v) is 16.4. The lowest BCUT2D eigenvalue weighted by Gasteiger charge is -2.33. The second-order valence-electron chi connectivity index (χ2n) is 6.37. The van der Waals surface area contributed by atoms with Gasteiger partial charge in [-0.05, 0) is 44.2 Å². The smallest absolute Gasteiger partial charge is 0.326 e. The summed E-state index contributed by atoms with van der Waals surface area (Å²) in [5.74, 6) is -2.91. The van der Waals surface area contributed by atoms with E-state index in [1.165, 1.54) is 30.5 Å². The standard InChI is InChI=1S/C18H26N2O5S/c1-10(2)15(19-11(3)17(22)23)16(21)20(12(4)18(24)25)13-7-6-8-14(9-13)26-5/h6-12,15,19H,1-5H3,(H,22,23)(H,24,25). The molecule has 0 aromatic heterocycles.